The second-order valence-electron chi connectivity index (χ2n) is 3.54. The summed E-state index contributed by atoms with van der Waals surface area (Å²) < 4.78 is 21.4. The number of nitrogens with two attached hydrogens (primary N) is 1. The van der Waals surface area contributed by atoms with Crippen LogP contribution >= 0.6 is 7.60 Å². The van der Waals surface area contributed by atoms with Crippen LogP contribution in [0.5, 0.6) is 0 Å². The summed E-state index contributed by atoms with van der Waals surface area (Å²) >= 11 is 0. The molecule has 13 heteroatoms. The van der Waals surface area contributed by atoms with Crippen molar-refractivity contribution in [2.45, 2.75) is 6.73 Å². The van der Waals surface area contributed by atoms with E-state index in [1.165, 1.54) is 17.2 Å². The maximum absolute atomic E-state index is 10.3. The molecule has 0 bridgehead atoms. The van der Waals surface area contributed by atoms with Crippen molar-refractivity contribution in [1.82, 2.24) is 19.5 Å². The van der Waals surface area contributed by atoms with Crippen LogP contribution in [0.2, 0.25) is 0 Å². The van der Waals surface area contributed by atoms with Gasteiger partial charge in [-0.05, 0) is 7.60 Å². The molecule has 0 aliphatic rings. The van der Waals surface area contributed by atoms with Gasteiger partial charge in [0.2, 0.25) is 0 Å². The normalized spacial score (nSPS) is 11.0. The summed E-state index contributed by atoms with van der Waals surface area (Å²) in [5.74, 6) is 0.249. The zero-order chi connectivity index (χ0) is 13.9. The van der Waals surface area contributed by atoms with E-state index in [9.17, 15) is 14.4 Å². The molecule has 0 aliphatic carbocycles. The average Bonchev–Trinajstić information content (AvgIpc) is 2.72. The van der Waals surface area contributed by atoms with Crippen LogP contribution in [-0.4, -0.2) is 32.7 Å². The van der Waals surface area contributed by atoms with Gasteiger partial charge in [0.1, 0.15) is 25.4 Å². The fraction of sp³-hybridized carbons (Fsp3) is 0.375. The van der Waals surface area contributed by atoms with Crippen LogP contribution in [0, 0.1) is 0 Å². The van der Waals surface area contributed by atoms with Crippen LogP contribution in [0.4, 0.5) is 5.82 Å². The number of nitrogen functional groups attached to an aromatic ring is 1. The number of fused-ring (bicyclic) bond motifs is 1. The number of ether oxygens (including phenoxy) is 2. The number of aromatic nitrogens is 4. The van der Waals surface area contributed by atoms with Gasteiger partial charge in [-0.1, -0.05) is 0 Å². The molecular weight excluding hydrogens is 323 g/mol. The van der Waals surface area contributed by atoms with Crippen molar-refractivity contribution in [3.8, 4) is 0 Å². The number of nitrogens with zero attached hydrogens (tertiary/aromatic N) is 4. The first-order valence-corrected chi connectivity index (χ1v) is 6.78. The van der Waals surface area contributed by atoms with Crippen LogP contribution in [0.15, 0.2) is 12.7 Å². The van der Waals surface area contributed by atoms with Gasteiger partial charge < -0.3 is 29.6 Å². The molecular formula is C8H10N5Na2O5P. The maximum atomic E-state index is 10.3. The predicted molar refractivity (Wildman–Crippen MR) is 59.2 cm³/mol. The first-order valence-electron chi connectivity index (χ1n) is 5.05. The summed E-state index contributed by atoms with van der Waals surface area (Å²) in [6, 6.07) is 0. The van der Waals surface area contributed by atoms with Crippen molar-refractivity contribution in [3.63, 3.8) is 0 Å². The van der Waals surface area contributed by atoms with Gasteiger partial charge in [-0.15, -0.1) is 0 Å². The van der Waals surface area contributed by atoms with Gasteiger partial charge >= 0.3 is 59.1 Å². The third kappa shape index (κ3) is 6.59. The first kappa shape index (κ1) is 21.4. The second-order valence-corrected chi connectivity index (χ2v) is 5.02. The van der Waals surface area contributed by atoms with E-state index in [1.807, 2.05) is 0 Å². The third-order valence-electron chi connectivity index (χ3n) is 2.08. The monoisotopic (exact) mass is 333 g/mol. The van der Waals surface area contributed by atoms with Gasteiger partial charge in [-0.3, -0.25) is 4.57 Å². The minimum absolute atomic E-state index is 0. The molecule has 2 heterocycles. The topological polar surface area (TPSA) is 151 Å². The molecule has 0 saturated heterocycles. The molecule has 104 valence electrons. The Morgan fingerprint density at radius 3 is 2.62 bits per heavy atom. The summed E-state index contributed by atoms with van der Waals surface area (Å²) in [7, 11) is -4.67. The standard InChI is InChI=1S/C8H12N5O5P.2Na/c9-7-6-8(11-1-10-7)13(2-12-6)3-17-4-18-5-19(14,15)16;;/h1-2H,3-5H2,(H2,9,10,11)(H2,14,15,16);;/q;2*+1/p-2. The van der Waals surface area contributed by atoms with E-state index in [0.29, 0.717) is 11.2 Å². The summed E-state index contributed by atoms with van der Waals surface area (Å²) in [6.45, 7) is -0.316. The summed E-state index contributed by atoms with van der Waals surface area (Å²) in [4.78, 5) is 32.3. The van der Waals surface area contributed by atoms with Crippen LogP contribution in [0.1, 0.15) is 0 Å². The number of hydrogen-bond donors (Lipinski definition) is 1. The molecule has 21 heavy (non-hydrogen) atoms. The molecule has 0 aromatic carbocycles. The maximum Gasteiger partial charge on any atom is 1.00 e. The summed E-state index contributed by atoms with van der Waals surface area (Å²) in [5.41, 5.74) is 6.52. The number of rotatable bonds is 6. The van der Waals surface area contributed by atoms with Gasteiger partial charge in [0.15, 0.2) is 11.5 Å². The molecule has 10 nitrogen and oxygen atoms in total. The molecule has 0 radical (unpaired) electrons. The third-order valence-corrected chi connectivity index (χ3v) is 2.57. The van der Waals surface area contributed by atoms with Crippen molar-refractivity contribution in [2.24, 2.45) is 0 Å². The van der Waals surface area contributed by atoms with Crippen LogP contribution in [-0.2, 0) is 20.8 Å². The Morgan fingerprint density at radius 2 is 1.95 bits per heavy atom. The van der Waals surface area contributed by atoms with E-state index in [0.717, 1.165) is 0 Å². The van der Waals surface area contributed by atoms with Gasteiger partial charge in [-0.2, -0.15) is 0 Å². The van der Waals surface area contributed by atoms with Gasteiger partial charge in [0.25, 0.3) is 0 Å². The molecule has 2 aromatic heterocycles. The largest absolute Gasteiger partial charge is 1.00 e. The number of imidazole rings is 1. The molecule has 0 amide bonds. The Bertz CT molecular complexity index is 620. The SMILES string of the molecule is Nc1ncnc2c1ncn2COCOCP(=O)([O-])[O-].[Na+].[Na+]. The Balaban J connectivity index is 0.00000200. The number of anilines is 1. The van der Waals surface area contributed by atoms with Crippen molar-refractivity contribution < 1.29 is 82.9 Å². The van der Waals surface area contributed by atoms with E-state index >= 15 is 0 Å². The smallest absolute Gasteiger partial charge is 0.809 e. The number of hydrogen-bond acceptors (Lipinski definition) is 9. The molecule has 2 aromatic rings. The molecule has 0 spiro atoms. The average molecular weight is 333 g/mol. The Labute approximate surface area is 164 Å². The van der Waals surface area contributed by atoms with E-state index < -0.39 is 13.9 Å². The van der Waals surface area contributed by atoms with Crippen molar-refractivity contribution in [2.75, 3.05) is 18.9 Å². The van der Waals surface area contributed by atoms with E-state index in [-0.39, 0.29) is 78.5 Å². The van der Waals surface area contributed by atoms with E-state index in [1.54, 1.807) is 0 Å². The zero-order valence-corrected chi connectivity index (χ0v) is 16.5. The Kier molecular flexibility index (Phi) is 9.73. The van der Waals surface area contributed by atoms with Gasteiger partial charge in [0, 0.05) is 0 Å². The predicted octanol–water partition coefficient (Wildman–Crippen LogP) is -7.76. The zero-order valence-electron chi connectivity index (χ0n) is 11.6. The van der Waals surface area contributed by atoms with Crippen molar-refractivity contribution >= 4 is 24.6 Å². The molecule has 2 N–H and O–H groups in total. The molecule has 0 unspecified atom stereocenters. The van der Waals surface area contributed by atoms with E-state index in [2.05, 4.69) is 19.7 Å². The quantitative estimate of drug-likeness (QED) is 0.235. The van der Waals surface area contributed by atoms with Crippen LogP contribution in [0.25, 0.3) is 11.2 Å². The minimum Gasteiger partial charge on any atom is -0.809 e. The summed E-state index contributed by atoms with van der Waals surface area (Å²) in [6.07, 6.45) is 1.83. The minimum atomic E-state index is -4.67. The van der Waals surface area contributed by atoms with Crippen LogP contribution < -0.4 is 74.6 Å². The van der Waals surface area contributed by atoms with Crippen molar-refractivity contribution in [1.29, 1.82) is 0 Å². The molecule has 0 aliphatic heterocycles. The molecule has 0 saturated carbocycles. The summed E-state index contributed by atoms with van der Waals surface area (Å²) in [5, 5.41) is 0. The molecule has 0 fully saturated rings. The fourth-order valence-electron chi connectivity index (χ4n) is 1.34. The van der Waals surface area contributed by atoms with Crippen molar-refractivity contribution in [3.05, 3.63) is 12.7 Å². The van der Waals surface area contributed by atoms with E-state index in [4.69, 9.17) is 10.5 Å². The van der Waals surface area contributed by atoms with Gasteiger partial charge in [-0.25, -0.2) is 15.0 Å². The first-order chi connectivity index (χ1) is 8.97. The molecule has 0 atom stereocenters. The Hall–Kier alpha value is 0.420. The molecule has 2 rings (SSSR count). The Morgan fingerprint density at radius 1 is 1.24 bits per heavy atom. The van der Waals surface area contributed by atoms with Gasteiger partial charge in [0.05, 0.1) is 12.7 Å². The van der Waals surface area contributed by atoms with Crippen LogP contribution in [0.3, 0.4) is 0 Å². The second kappa shape index (κ2) is 9.53. The fourth-order valence-corrected chi connectivity index (χ4v) is 1.63.